The van der Waals surface area contributed by atoms with Crippen LogP contribution < -0.4 is 15.3 Å². The number of methoxy groups -OCH3 is 1. The lowest BCUT2D eigenvalue weighted by atomic mass is 9.85. The van der Waals surface area contributed by atoms with Crippen LogP contribution in [0.5, 0.6) is 5.75 Å². The fraction of sp³-hybridized carbons (Fsp3) is 0.360. The summed E-state index contributed by atoms with van der Waals surface area (Å²) >= 11 is 0. The zero-order valence-corrected chi connectivity index (χ0v) is 18.7. The number of aryl methyl sites for hydroxylation is 1. The molecule has 1 aliphatic rings. The predicted octanol–water partition coefficient (Wildman–Crippen LogP) is 5.59. The van der Waals surface area contributed by atoms with Crippen molar-refractivity contribution in [3.05, 3.63) is 77.9 Å². The Morgan fingerprint density at radius 3 is 2.21 bits per heavy atom. The molecular weight excluding hydrogens is 363 g/mol. The average molecular weight is 394 g/mol. The van der Waals surface area contributed by atoms with Gasteiger partial charge in [-0.3, -0.25) is 0 Å². The molecule has 3 rings (SSSR count). The Morgan fingerprint density at radius 1 is 1.00 bits per heavy atom. The van der Waals surface area contributed by atoms with Crippen molar-refractivity contribution in [2.45, 2.75) is 45.2 Å². The lowest BCUT2D eigenvalue weighted by molar-refractivity contribution is 0.0506. The lowest BCUT2D eigenvalue weighted by Gasteiger charge is -2.35. The fourth-order valence-corrected chi connectivity index (χ4v) is 6.72. The van der Waals surface area contributed by atoms with Gasteiger partial charge in [-0.2, -0.15) is 0 Å². The van der Waals surface area contributed by atoms with E-state index in [1.807, 2.05) is 0 Å². The minimum Gasteiger partial charge on any atom is -0.467 e. The number of benzene rings is 2. The van der Waals surface area contributed by atoms with Crippen LogP contribution in [-0.4, -0.2) is 19.1 Å². The molecule has 0 spiro atoms. The first-order chi connectivity index (χ1) is 13.3. The Bertz CT molecular complexity index is 863. The second-order valence-corrected chi connectivity index (χ2v) is 11.2. The Morgan fingerprint density at radius 2 is 1.64 bits per heavy atom. The number of hydrogen-bond acceptors (Lipinski definition) is 2. The van der Waals surface area contributed by atoms with Crippen LogP contribution in [0.2, 0.25) is 0 Å². The topological polar surface area (TPSA) is 18.5 Å². The first-order valence-corrected chi connectivity index (χ1v) is 11.1. The van der Waals surface area contributed by atoms with Crippen LogP contribution in [0.3, 0.4) is 0 Å². The maximum atomic E-state index is 6.25. The van der Waals surface area contributed by atoms with Crippen molar-refractivity contribution in [3.63, 3.8) is 0 Å². The molecule has 1 aliphatic carbocycles. The second-order valence-electron chi connectivity index (χ2n) is 8.58. The van der Waals surface area contributed by atoms with E-state index in [1.165, 1.54) is 21.7 Å². The normalized spacial score (nSPS) is 16.4. The van der Waals surface area contributed by atoms with Gasteiger partial charge in [0, 0.05) is 23.1 Å². The summed E-state index contributed by atoms with van der Waals surface area (Å²) in [5.41, 5.74) is 2.48. The summed E-state index contributed by atoms with van der Waals surface area (Å²) in [6.45, 7) is 11.5. The van der Waals surface area contributed by atoms with Gasteiger partial charge in [-0.15, -0.1) is 0 Å². The van der Waals surface area contributed by atoms with E-state index in [1.54, 1.807) is 7.11 Å². The van der Waals surface area contributed by atoms with Gasteiger partial charge in [0.15, 0.2) is 6.79 Å². The molecule has 0 N–H and O–H groups in total. The molecule has 0 aliphatic heterocycles. The molecule has 2 nitrogen and oxygen atoms in total. The summed E-state index contributed by atoms with van der Waals surface area (Å²) in [4.78, 5) is 0. The van der Waals surface area contributed by atoms with E-state index >= 15 is 0 Å². The first kappa shape index (κ1) is 20.8. The van der Waals surface area contributed by atoms with Crippen LogP contribution >= 0.6 is 7.92 Å². The highest BCUT2D eigenvalue weighted by Crippen LogP contribution is 2.54. The molecule has 0 heterocycles. The van der Waals surface area contributed by atoms with Crippen LogP contribution in [0.25, 0.3) is 0 Å². The molecule has 2 aromatic rings. The zero-order chi connectivity index (χ0) is 20.4. The van der Waals surface area contributed by atoms with Gasteiger partial charge in [0.05, 0.1) is 0 Å². The van der Waals surface area contributed by atoms with Gasteiger partial charge in [-0.1, -0.05) is 81.5 Å². The van der Waals surface area contributed by atoms with Crippen molar-refractivity contribution in [1.82, 2.24) is 0 Å². The summed E-state index contributed by atoms with van der Waals surface area (Å²) in [5, 5.41) is 2.58. The van der Waals surface area contributed by atoms with E-state index in [9.17, 15) is 0 Å². The van der Waals surface area contributed by atoms with Gasteiger partial charge >= 0.3 is 0 Å². The fourth-order valence-electron chi connectivity index (χ4n) is 3.71. The SMILES string of the molecule is COCOc1c(P(c2ccccc2)C2(C)C=CC=C2)cc(C)cc1C(C)(C)C. The molecule has 0 aromatic heterocycles. The molecule has 28 heavy (non-hydrogen) atoms. The van der Waals surface area contributed by atoms with Crippen molar-refractivity contribution in [3.8, 4) is 5.75 Å². The molecule has 1 atom stereocenters. The minimum atomic E-state index is -0.705. The summed E-state index contributed by atoms with van der Waals surface area (Å²) in [6, 6.07) is 15.4. The van der Waals surface area contributed by atoms with E-state index < -0.39 is 7.92 Å². The molecule has 0 saturated carbocycles. The summed E-state index contributed by atoms with van der Waals surface area (Å²) in [7, 11) is 0.970. The average Bonchev–Trinajstić information content (AvgIpc) is 3.08. The van der Waals surface area contributed by atoms with E-state index in [-0.39, 0.29) is 17.4 Å². The second kappa shape index (κ2) is 8.23. The molecule has 0 amide bonds. The van der Waals surface area contributed by atoms with Gasteiger partial charge in [-0.05, 0) is 44.1 Å². The van der Waals surface area contributed by atoms with Gasteiger partial charge < -0.3 is 9.47 Å². The van der Waals surface area contributed by atoms with Crippen molar-refractivity contribution in [2.75, 3.05) is 13.9 Å². The molecule has 148 valence electrons. The highest BCUT2D eigenvalue weighted by atomic mass is 31.1. The van der Waals surface area contributed by atoms with E-state index in [2.05, 4.69) is 101 Å². The molecule has 1 unspecified atom stereocenters. The van der Waals surface area contributed by atoms with Crippen LogP contribution in [0.15, 0.2) is 66.8 Å². The highest BCUT2D eigenvalue weighted by molar-refractivity contribution is 7.75. The Hall–Kier alpha value is -1.89. The lowest BCUT2D eigenvalue weighted by Crippen LogP contribution is -2.30. The molecular formula is C25H31O2P. The van der Waals surface area contributed by atoms with E-state index in [0.717, 1.165) is 5.75 Å². The largest absolute Gasteiger partial charge is 0.467 e. The minimum absolute atomic E-state index is 0.0240. The number of hydrogen-bond donors (Lipinski definition) is 0. The first-order valence-electron chi connectivity index (χ1n) is 9.75. The Labute approximate surface area is 171 Å². The van der Waals surface area contributed by atoms with E-state index in [0.29, 0.717) is 0 Å². The van der Waals surface area contributed by atoms with Crippen molar-refractivity contribution < 1.29 is 9.47 Å². The maximum absolute atomic E-state index is 6.25. The van der Waals surface area contributed by atoms with Gasteiger partial charge in [0.1, 0.15) is 5.75 Å². The monoisotopic (exact) mass is 394 g/mol. The van der Waals surface area contributed by atoms with Gasteiger partial charge in [0.2, 0.25) is 0 Å². The maximum Gasteiger partial charge on any atom is 0.188 e. The summed E-state index contributed by atoms with van der Waals surface area (Å²) < 4.78 is 11.5. The third-order valence-corrected chi connectivity index (χ3v) is 7.95. The van der Waals surface area contributed by atoms with Crippen molar-refractivity contribution in [1.29, 1.82) is 0 Å². The molecule has 3 heteroatoms. The van der Waals surface area contributed by atoms with Crippen LogP contribution in [-0.2, 0) is 10.2 Å². The predicted molar refractivity (Wildman–Crippen MR) is 122 cm³/mol. The molecule has 0 saturated heterocycles. The van der Waals surface area contributed by atoms with Gasteiger partial charge in [0.25, 0.3) is 0 Å². The Balaban J connectivity index is 2.29. The summed E-state index contributed by atoms with van der Waals surface area (Å²) in [6.07, 6.45) is 8.97. The van der Waals surface area contributed by atoms with Crippen molar-refractivity contribution in [2.24, 2.45) is 0 Å². The van der Waals surface area contributed by atoms with Crippen LogP contribution in [0, 0.1) is 6.92 Å². The highest BCUT2D eigenvalue weighted by Gasteiger charge is 2.37. The quantitative estimate of drug-likeness (QED) is 0.469. The number of allylic oxidation sites excluding steroid dienone is 4. The smallest absolute Gasteiger partial charge is 0.188 e. The Kier molecular flexibility index (Phi) is 6.12. The molecule has 2 aromatic carbocycles. The van der Waals surface area contributed by atoms with Crippen LogP contribution in [0.4, 0.5) is 0 Å². The molecule has 0 bridgehead atoms. The standard InChI is InChI=1S/C25H31O2P/c1-19-16-21(24(2,3)4)23(27-18-26-6)22(17-19)28(20-12-8-7-9-13-20)25(5)14-10-11-15-25/h7-17H,18H2,1-6H3. The molecule has 0 radical (unpaired) electrons. The molecule has 0 fully saturated rings. The van der Waals surface area contributed by atoms with Crippen molar-refractivity contribution >= 4 is 18.5 Å². The summed E-state index contributed by atoms with van der Waals surface area (Å²) in [5.74, 6) is 0.977. The number of rotatable bonds is 6. The van der Waals surface area contributed by atoms with Gasteiger partial charge in [-0.25, -0.2) is 0 Å². The van der Waals surface area contributed by atoms with Crippen LogP contribution in [0.1, 0.15) is 38.8 Å². The third kappa shape index (κ3) is 4.24. The zero-order valence-electron chi connectivity index (χ0n) is 17.8. The number of ether oxygens (including phenoxy) is 2. The van der Waals surface area contributed by atoms with E-state index in [4.69, 9.17) is 9.47 Å². The third-order valence-electron chi connectivity index (χ3n) is 5.06.